The maximum absolute atomic E-state index is 4.70. The van der Waals surface area contributed by atoms with Crippen molar-refractivity contribution in [2.45, 2.75) is 40.3 Å². The third-order valence-electron chi connectivity index (χ3n) is 3.45. The van der Waals surface area contributed by atoms with Gasteiger partial charge in [-0.2, -0.15) is 0 Å². The van der Waals surface area contributed by atoms with Gasteiger partial charge in [-0.1, -0.05) is 34.1 Å². The van der Waals surface area contributed by atoms with E-state index in [2.05, 4.69) is 57.5 Å². The fourth-order valence-corrected chi connectivity index (χ4v) is 3.79. The molecular formula is C17H24BrIN4S. The highest BCUT2D eigenvalue weighted by atomic mass is 127. The minimum atomic E-state index is 0. The number of thiazole rings is 1. The van der Waals surface area contributed by atoms with Crippen LogP contribution in [-0.2, 0) is 6.54 Å². The van der Waals surface area contributed by atoms with E-state index in [1.807, 2.05) is 26.0 Å². The van der Waals surface area contributed by atoms with Gasteiger partial charge in [-0.15, -0.1) is 35.3 Å². The van der Waals surface area contributed by atoms with Crippen LogP contribution in [0.2, 0.25) is 0 Å². The molecule has 132 valence electrons. The molecule has 0 amide bonds. The van der Waals surface area contributed by atoms with Crippen LogP contribution in [0.1, 0.15) is 41.0 Å². The Bertz CT molecular complexity index is 687. The van der Waals surface area contributed by atoms with Gasteiger partial charge >= 0.3 is 0 Å². The molecule has 24 heavy (non-hydrogen) atoms. The molecular weight excluding hydrogens is 499 g/mol. The minimum Gasteiger partial charge on any atom is -0.357 e. The topological polar surface area (TPSA) is 49.3 Å². The Hall–Kier alpha value is -0.670. The normalized spacial score (nSPS) is 12.5. The van der Waals surface area contributed by atoms with Crippen molar-refractivity contribution in [1.82, 2.24) is 15.6 Å². The number of rotatable bonds is 5. The Labute approximate surface area is 173 Å². The summed E-state index contributed by atoms with van der Waals surface area (Å²) >= 11 is 5.32. The quantitative estimate of drug-likeness (QED) is 0.331. The summed E-state index contributed by atoms with van der Waals surface area (Å²) in [6.45, 7) is 9.75. The summed E-state index contributed by atoms with van der Waals surface area (Å²) in [5.41, 5.74) is 2.29. The van der Waals surface area contributed by atoms with Crippen LogP contribution in [0.15, 0.2) is 33.7 Å². The molecule has 1 heterocycles. The van der Waals surface area contributed by atoms with Crippen LogP contribution < -0.4 is 10.6 Å². The number of benzene rings is 1. The molecule has 1 aromatic carbocycles. The summed E-state index contributed by atoms with van der Waals surface area (Å²) < 4.78 is 1.10. The van der Waals surface area contributed by atoms with Crippen molar-refractivity contribution in [3.05, 3.63) is 49.9 Å². The Morgan fingerprint density at radius 3 is 2.62 bits per heavy atom. The number of hydrogen-bond donors (Lipinski definition) is 2. The SMILES string of the molecule is CCNC(=NCc1sc(C)nc1C)NC(C)c1ccccc1Br.I. The van der Waals surface area contributed by atoms with E-state index in [4.69, 9.17) is 4.99 Å². The summed E-state index contributed by atoms with van der Waals surface area (Å²) in [6, 6.07) is 8.40. The van der Waals surface area contributed by atoms with E-state index in [9.17, 15) is 0 Å². The molecule has 4 nitrogen and oxygen atoms in total. The van der Waals surface area contributed by atoms with Crippen LogP contribution in [0, 0.1) is 13.8 Å². The first-order valence-electron chi connectivity index (χ1n) is 7.73. The molecule has 0 bridgehead atoms. The molecule has 0 radical (unpaired) electrons. The van der Waals surface area contributed by atoms with E-state index in [0.29, 0.717) is 6.54 Å². The Balaban J connectivity index is 0.00000288. The lowest BCUT2D eigenvalue weighted by molar-refractivity contribution is 0.684. The number of guanidine groups is 1. The van der Waals surface area contributed by atoms with E-state index in [1.165, 1.54) is 10.4 Å². The van der Waals surface area contributed by atoms with Gasteiger partial charge in [-0.05, 0) is 39.3 Å². The van der Waals surface area contributed by atoms with Crippen molar-refractivity contribution in [1.29, 1.82) is 0 Å². The zero-order valence-corrected chi connectivity index (χ0v) is 19.1. The van der Waals surface area contributed by atoms with Gasteiger partial charge in [0.25, 0.3) is 0 Å². The van der Waals surface area contributed by atoms with Crippen molar-refractivity contribution in [3.8, 4) is 0 Å². The highest BCUT2D eigenvalue weighted by Crippen LogP contribution is 2.23. The number of halogens is 2. The third-order valence-corrected chi connectivity index (χ3v) is 5.23. The van der Waals surface area contributed by atoms with Gasteiger partial charge in [0.05, 0.1) is 23.3 Å². The molecule has 0 spiro atoms. The second kappa shape index (κ2) is 10.4. The molecule has 2 N–H and O–H groups in total. The molecule has 1 unspecified atom stereocenters. The van der Waals surface area contributed by atoms with Crippen LogP contribution in [0.3, 0.4) is 0 Å². The average Bonchev–Trinajstić information content (AvgIpc) is 2.83. The summed E-state index contributed by atoms with van der Waals surface area (Å²) in [5.74, 6) is 0.821. The first-order valence-corrected chi connectivity index (χ1v) is 9.34. The molecule has 0 aliphatic heterocycles. The van der Waals surface area contributed by atoms with Crippen LogP contribution in [0.4, 0.5) is 0 Å². The lowest BCUT2D eigenvalue weighted by atomic mass is 10.1. The Morgan fingerprint density at radius 2 is 2.04 bits per heavy atom. The monoisotopic (exact) mass is 522 g/mol. The molecule has 7 heteroatoms. The van der Waals surface area contributed by atoms with E-state index in [0.717, 1.165) is 27.7 Å². The van der Waals surface area contributed by atoms with Gasteiger partial charge in [0, 0.05) is 15.9 Å². The number of nitrogens with zero attached hydrogens (tertiary/aromatic N) is 2. The first-order chi connectivity index (χ1) is 11.0. The summed E-state index contributed by atoms with van der Waals surface area (Å²) in [4.78, 5) is 10.4. The maximum Gasteiger partial charge on any atom is 0.192 e. The molecule has 2 aromatic rings. The van der Waals surface area contributed by atoms with Gasteiger partial charge in [0.1, 0.15) is 0 Å². The number of nitrogens with one attached hydrogen (secondary N) is 2. The van der Waals surface area contributed by atoms with E-state index in [-0.39, 0.29) is 30.0 Å². The zero-order chi connectivity index (χ0) is 16.8. The van der Waals surface area contributed by atoms with Crippen LogP contribution >= 0.6 is 51.2 Å². The molecule has 0 fully saturated rings. The fraction of sp³-hybridized carbons (Fsp3) is 0.412. The van der Waals surface area contributed by atoms with Crippen molar-refractivity contribution >= 4 is 57.2 Å². The number of aryl methyl sites for hydroxylation is 2. The molecule has 0 saturated heterocycles. The molecule has 2 rings (SSSR count). The Morgan fingerprint density at radius 1 is 1.33 bits per heavy atom. The molecule has 1 atom stereocenters. The third kappa shape index (κ3) is 6.00. The minimum absolute atomic E-state index is 0. The second-order valence-corrected chi connectivity index (χ2v) is 7.47. The number of aliphatic imine (C=N–C) groups is 1. The van der Waals surface area contributed by atoms with E-state index < -0.39 is 0 Å². The Kier molecular flexibility index (Phi) is 9.22. The molecule has 1 aromatic heterocycles. The van der Waals surface area contributed by atoms with Crippen LogP contribution in [0.25, 0.3) is 0 Å². The lowest BCUT2D eigenvalue weighted by Crippen LogP contribution is -2.38. The second-order valence-electron chi connectivity index (χ2n) is 5.32. The average molecular weight is 523 g/mol. The van der Waals surface area contributed by atoms with E-state index >= 15 is 0 Å². The number of hydrogen-bond acceptors (Lipinski definition) is 3. The maximum atomic E-state index is 4.70. The van der Waals surface area contributed by atoms with Gasteiger partial charge < -0.3 is 10.6 Å². The molecule has 0 aliphatic rings. The van der Waals surface area contributed by atoms with Gasteiger partial charge in [-0.25, -0.2) is 9.98 Å². The van der Waals surface area contributed by atoms with Crippen LogP contribution in [-0.4, -0.2) is 17.5 Å². The zero-order valence-electron chi connectivity index (χ0n) is 14.4. The van der Waals surface area contributed by atoms with Crippen molar-refractivity contribution in [3.63, 3.8) is 0 Å². The highest BCUT2D eigenvalue weighted by Gasteiger charge is 2.11. The fourth-order valence-electron chi connectivity index (χ4n) is 2.30. The van der Waals surface area contributed by atoms with E-state index in [1.54, 1.807) is 11.3 Å². The van der Waals surface area contributed by atoms with Crippen molar-refractivity contribution in [2.24, 2.45) is 4.99 Å². The predicted octanol–water partition coefficient (Wildman–Crippen LogP) is 4.96. The van der Waals surface area contributed by atoms with Gasteiger partial charge in [0.2, 0.25) is 0 Å². The molecule has 0 aliphatic carbocycles. The van der Waals surface area contributed by atoms with Crippen molar-refractivity contribution in [2.75, 3.05) is 6.54 Å². The molecule has 0 saturated carbocycles. The largest absolute Gasteiger partial charge is 0.357 e. The summed E-state index contributed by atoms with van der Waals surface area (Å²) in [5, 5.41) is 7.86. The van der Waals surface area contributed by atoms with Gasteiger partial charge in [0.15, 0.2) is 5.96 Å². The lowest BCUT2D eigenvalue weighted by Gasteiger charge is -2.19. The summed E-state index contributed by atoms with van der Waals surface area (Å²) in [7, 11) is 0. The van der Waals surface area contributed by atoms with Gasteiger partial charge in [-0.3, -0.25) is 0 Å². The van der Waals surface area contributed by atoms with Crippen LogP contribution in [0.5, 0.6) is 0 Å². The predicted molar refractivity (Wildman–Crippen MR) is 118 cm³/mol. The van der Waals surface area contributed by atoms with Crippen molar-refractivity contribution < 1.29 is 0 Å². The summed E-state index contributed by atoms with van der Waals surface area (Å²) in [6.07, 6.45) is 0. The number of aromatic nitrogens is 1. The highest BCUT2D eigenvalue weighted by molar-refractivity contribution is 14.0. The smallest absolute Gasteiger partial charge is 0.192 e. The first kappa shape index (κ1) is 21.4. The standard InChI is InChI=1S/C17H23BrN4S.HI/c1-5-19-17(20-10-16-12(3)21-13(4)23-16)22-11(2)14-8-6-7-9-15(14)18;/h6-9,11H,5,10H2,1-4H3,(H2,19,20,22);1H.